The second kappa shape index (κ2) is 15.9. The summed E-state index contributed by atoms with van der Waals surface area (Å²) in [6, 6.07) is 93.9. The molecule has 356 valence electrons. The van der Waals surface area contributed by atoms with Crippen LogP contribution in [0.15, 0.2) is 255 Å². The first-order valence-corrected chi connectivity index (χ1v) is 26.4. The highest BCUT2D eigenvalue weighted by atomic mass is 15.2. The fourth-order valence-corrected chi connectivity index (χ4v) is 13.7. The fourth-order valence-electron chi connectivity index (χ4n) is 13.7. The summed E-state index contributed by atoms with van der Waals surface area (Å²) in [5.74, 6) is 0.621. The molecule has 11 aromatic carbocycles. The highest BCUT2D eigenvalue weighted by Crippen LogP contribution is 2.63. The minimum Gasteiger partial charge on any atom is -0.310 e. The van der Waals surface area contributed by atoms with Gasteiger partial charge in [0.15, 0.2) is 0 Å². The minimum atomic E-state index is -0.509. The quantitative estimate of drug-likeness (QED) is 0.166. The van der Waals surface area contributed by atoms with Crippen molar-refractivity contribution in [3.05, 3.63) is 288 Å². The zero-order valence-electron chi connectivity index (χ0n) is 42.0. The van der Waals surface area contributed by atoms with Crippen LogP contribution in [0.2, 0.25) is 0 Å². The van der Waals surface area contributed by atoms with E-state index in [-0.39, 0.29) is 5.41 Å². The summed E-state index contributed by atoms with van der Waals surface area (Å²) in [6.07, 6.45) is 0. The van der Waals surface area contributed by atoms with Gasteiger partial charge in [-0.25, -0.2) is 9.97 Å². The monoisotopic (exact) mass is 968 g/mol. The molecule has 0 atom stereocenters. The van der Waals surface area contributed by atoms with Crippen molar-refractivity contribution >= 4 is 49.6 Å². The highest BCUT2D eigenvalue weighted by Gasteiger charge is 2.51. The van der Waals surface area contributed by atoms with E-state index in [4.69, 9.17) is 9.97 Å². The Balaban J connectivity index is 1.02. The van der Waals surface area contributed by atoms with E-state index in [1.807, 2.05) is 0 Å². The van der Waals surface area contributed by atoms with Crippen molar-refractivity contribution in [1.29, 1.82) is 0 Å². The van der Waals surface area contributed by atoms with Crippen LogP contribution in [-0.2, 0) is 10.8 Å². The molecule has 2 heterocycles. The van der Waals surface area contributed by atoms with Gasteiger partial charge in [0.05, 0.1) is 33.5 Å². The molecule has 0 amide bonds. The van der Waals surface area contributed by atoms with Crippen LogP contribution in [0, 0.1) is 0 Å². The van der Waals surface area contributed by atoms with Crippen LogP contribution in [0.25, 0.3) is 94.4 Å². The zero-order chi connectivity index (χ0) is 50.3. The largest absolute Gasteiger partial charge is 0.310 e. The van der Waals surface area contributed by atoms with Gasteiger partial charge in [0, 0.05) is 38.7 Å². The lowest BCUT2D eigenvalue weighted by molar-refractivity contribution is 0.661. The molecule has 0 unspecified atom stereocenters. The van der Waals surface area contributed by atoms with E-state index in [1.165, 1.54) is 77.5 Å². The van der Waals surface area contributed by atoms with Gasteiger partial charge in [0.2, 0.25) is 5.95 Å². The van der Waals surface area contributed by atoms with Gasteiger partial charge in [-0.05, 0) is 132 Å². The lowest BCUT2D eigenvalue weighted by Gasteiger charge is -2.32. The molecule has 0 bridgehead atoms. The molecule has 1 spiro atoms. The van der Waals surface area contributed by atoms with Crippen molar-refractivity contribution in [2.24, 2.45) is 0 Å². The molecule has 0 saturated heterocycles. The second-order valence-corrected chi connectivity index (χ2v) is 21.2. The number of benzene rings is 11. The summed E-state index contributed by atoms with van der Waals surface area (Å²) in [4.78, 5) is 13.6. The second-order valence-electron chi connectivity index (χ2n) is 21.2. The van der Waals surface area contributed by atoms with Gasteiger partial charge in [-0.3, -0.25) is 4.57 Å². The summed E-state index contributed by atoms with van der Waals surface area (Å²) in [5.41, 5.74) is 23.9. The van der Waals surface area contributed by atoms with Crippen molar-refractivity contribution in [2.75, 3.05) is 4.90 Å². The Kier molecular flexibility index (Phi) is 8.98. The van der Waals surface area contributed by atoms with Crippen molar-refractivity contribution in [3.8, 4) is 61.8 Å². The predicted octanol–water partition coefficient (Wildman–Crippen LogP) is 18.2. The molecule has 3 aliphatic carbocycles. The van der Waals surface area contributed by atoms with E-state index in [1.54, 1.807) is 0 Å². The average Bonchev–Trinajstić information content (AvgIpc) is 4.34. The van der Waals surface area contributed by atoms with E-state index in [0.29, 0.717) is 5.95 Å². The number of hydrogen-bond donors (Lipinski definition) is 0. The molecule has 2 aromatic heterocycles. The van der Waals surface area contributed by atoms with Gasteiger partial charge in [0.1, 0.15) is 0 Å². The molecule has 0 aliphatic heterocycles. The number of aromatic nitrogens is 3. The first-order chi connectivity index (χ1) is 37.4. The smallest absolute Gasteiger partial charge is 0.235 e. The lowest BCUT2D eigenvalue weighted by Crippen LogP contribution is -2.26. The average molecular weight is 969 g/mol. The van der Waals surface area contributed by atoms with Crippen LogP contribution >= 0.6 is 0 Å². The Bertz CT molecular complexity index is 4440. The molecule has 3 aliphatic rings. The third kappa shape index (κ3) is 5.89. The summed E-state index contributed by atoms with van der Waals surface area (Å²) >= 11 is 0. The van der Waals surface area contributed by atoms with Crippen molar-refractivity contribution in [3.63, 3.8) is 0 Å². The topological polar surface area (TPSA) is 34.0 Å². The molecule has 0 N–H and O–H groups in total. The van der Waals surface area contributed by atoms with Crippen molar-refractivity contribution in [1.82, 2.24) is 14.5 Å². The van der Waals surface area contributed by atoms with Gasteiger partial charge >= 0.3 is 0 Å². The van der Waals surface area contributed by atoms with Crippen molar-refractivity contribution < 1.29 is 0 Å². The first-order valence-electron chi connectivity index (χ1n) is 26.4. The molecule has 4 nitrogen and oxygen atoms in total. The van der Waals surface area contributed by atoms with Gasteiger partial charge in [-0.2, -0.15) is 0 Å². The van der Waals surface area contributed by atoms with E-state index in [2.05, 4.69) is 278 Å². The Labute approximate surface area is 441 Å². The molecule has 0 radical (unpaired) electrons. The molecule has 4 heteroatoms. The predicted molar refractivity (Wildman–Crippen MR) is 313 cm³/mol. The maximum atomic E-state index is 5.54. The van der Waals surface area contributed by atoms with Crippen LogP contribution < -0.4 is 4.90 Å². The zero-order valence-corrected chi connectivity index (χ0v) is 42.0. The number of nitrogens with zero attached hydrogens (tertiary/aromatic N) is 4. The normalized spacial score (nSPS) is 13.9. The van der Waals surface area contributed by atoms with Crippen LogP contribution in [0.4, 0.5) is 17.1 Å². The molecule has 76 heavy (non-hydrogen) atoms. The number of fused-ring (bicyclic) bond motifs is 17. The standard InChI is InChI=1S/C72H48N4/c1-71(2)58-30-15-11-29-54(58)56-43-68-57(42-62(56)71)69-66(34-19-35-67(69)76(68)70-73-64(46-21-5-3-6-22-46)44-65(74-70)47-23-7-4-8-24-47)75(49-37-36-45-20-9-10-25-48(45)40-49)50-38-39-55-53-28-14-18-33-61(53)72(63(55)41-50)59-31-16-12-26-51(59)52-27-13-17-32-60(52)72/h3-44H,1-2H3. The minimum absolute atomic E-state index is 0.233. The molecule has 0 saturated carbocycles. The first kappa shape index (κ1) is 42.8. The molecular weight excluding hydrogens is 921 g/mol. The third-order valence-electron chi connectivity index (χ3n) is 17.0. The number of rotatable bonds is 6. The van der Waals surface area contributed by atoms with Gasteiger partial charge in [-0.15, -0.1) is 0 Å². The van der Waals surface area contributed by atoms with E-state index >= 15 is 0 Å². The van der Waals surface area contributed by atoms with Gasteiger partial charge in [0.25, 0.3) is 0 Å². The van der Waals surface area contributed by atoms with Crippen LogP contribution in [0.3, 0.4) is 0 Å². The Morgan fingerprint density at radius 3 is 1.50 bits per heavy atom. The Hall–Kier alpha value is -9.64. The van der Waals surface area contributed by atoms with Gasteiger partial charge < -0.3 is 4.90 Å². The SMILES string of the molecule is CC1(C)c2ccccc2-c2cc3c(cc21)c1c(N(c2ccc4c(c2)C2(c5ccccc5-c5ccccc52)c2ccccc2-4)c2ccc4ccccc4c2)cccc1n3-c1nc(-c2ccccc2)cc(-c2ccccc2)n1. The van der Waals surface area contributed by atoms with Crippen LogP contribution in [0.1, 0.15) is 47.2 Å². The third-order valence-corrected chi connectivity index (χ3v) is 17.0. The Morgan fingerprint density at radius 1 is 0.355 bits per heavy atom. The summed E-state index contributed by atoms with van der Waals surface area (Å²) < 4.78 is 2.33. The maximum Gasteiger partial charge on any atom is 0.235 e. The number of anilines is 3. The van der Waals surface area contributed by atoms with E-state index in [9.17, 15) is 0 Å². The summed E-state index contributed by atoms with van der Waals surface area (Å²) in [6.45, 7) is 4.75. The molecule has 0 fully saturated rings. The Morgan fingerprint density at radius 2 is 0.868 bits per heavy atom. The molecule has 16 rings (SSSR count). The summed E-state index contributed by atoms with van der Waals surface area (Å²) in [7, 11) is 0. The number of hydrogen-bond acceptors (Lipinski definition) is 3. The van der Waals surface area contributed by atoms with Crippen LogP contribution in [-0.4, -0.2) is 14.5 Å². The fraction of sp³-hybridized carbons (Fsp3) is 0.0556. The molecular formula is C72H48N4. The van der Waals surface area contributed by atoms with Gasteiger partial charge in [-0.1, -0.05) is 214 Å². The maximum absolute atomic E-state index is 5.54. The highest BCUT2D eigenvalue weighted by molar-refractivity contribution is 6.18. The van der Waals surface area contributed by atoms with Crippen molar-refractivity contribution in [2.45, 2.75) is 24.7 Å². The van der Waals surface area contributed by atoms with E-state index in [0.717, 1.165) is 61.4 Å². The summed E-state index contributed by atoms with van der Waals surface area (Å²) in [5, 5.41) is 4.66. The molecule has 13 aromatic rings. The van der Waals surface area contributed by atoms with Crippen LogP contribution in [0.5, 0.6) is 0 Å². The van der Waals surface area contributed by atoms with E-state index < -0.39 is 5.41 Å². The lowest BCUT2D eigenvalue weighted by atomic mass is 9.70.